The van der Waals surface area contributed by atoms with Gasteiger partial charge < -0.3 is 4.98 Å². The van der Waals surface area contributed by atoms with Crippen LogP contribution in [0, 0.1) is 0 Å². The summed E-state index contributed by atoms with van der Waals surface area (Å²) in [6, 6.07) is 6.92. The number of aromatic amines is 1. The maximum Gasteiger partial charge on any atom is 0.450 e. The Labute approximate surface area is 89.1 Å². The number of aromatic nitrogens is 1. The van der Waals surface area contributed by atoms with Crippen molar-refractivity contribution in [1.29, 1.82) is 0 Å². The zero-order valence-electron chi connectivity index (χ0n) is 8.14. The fourth-order valence-electron chi connectivity index (χ4n) is 1.55. The third-order valence-electron chi connectivity index (χ3n) is 2.34. The van der Waals surface area contributed by atoms with Gasteiger partial charge in [0.2, 0.25) is 5.78 Å². The van der Waals surface area contributed by atoms with Gasteiger partial charge in [0.15, 0.2) is 0 Å². The largest absolute Gasteiger partial charge is 0.450 e. The summed E-state index contributed by atoms with van der Waals surface area (Å²) in [5.41, 5.74) is 1.10. The molecular weight excluding hydrogens is 219 g/mol. The molecule has 0 aliphatic rings. The van der Waals surface area contributed by atoms with Crippen LogP contribution in [-0.2, 0) is 11.2 Å². The molecule has 1 aromatic carbocycles. The lowest BCUT2D eigenvalue weighted by atomic mass is 10.1. The number of alkyl halides is 3. The SMILES string of the molecule is O=C(Cc1c[nH]c2ccccc12)C(F)(F)F. The minimum atomic E-state index is -4.77. The maximum atomic E-state index is 12.1. The number of rotatable bonds is 2. The topological polar surface area (TPSA) is 32.9 Å². The fraction of sp³-hybridized carbons (Fsp3) is 0.182. The quantitative estimate of drug-likeness (QED) is 0.840. The second kappa shape index (κ2) is 3.66. The predicted octanol–water partition coefficient (Wildman–Crippen LogP) is 2.84. The first-order valence-corrected chi connectivity index (χ1v) is 4.63. The standard InChI is InChI=1S/C11H8F3NO/c12-11(13,14)10(16)5-7-6-15-9-4-2-1-3-8(7)9/h1-4,6,15H,5H2. The van der Waals surface area contributed by atoms with E-state index in [-0.39, 0.29) is 0 Å². The molecule has 1 aromatic heterocycles. The monoisotopic (exact) mass is 227 g/mol. The van der Waals surface area contributed by atoms with Crippen LogP contribution in [0.5, 0.6) is 0 Å². The summed E-state index contributed by atoms with van der Waals surface area (Å²) in [7, 11) is 0. The number of nitrogens with one attached hydrogen (secondary N) is 1. The van der Waals surface area contributed by atoms with E-state index in [9.17, 15) is 18.0 Å². The van der Waals surface area contributed by atoms with Gasteiger partial charge in [-0.1, -0.05) is 18.2 Å². The Hall–Kier alpha value is -1.78. The Morgan fingerprint density at radius 2 is 1.94 bits per heavy atom. The highest BCUT2D eigenvalue weighted by atomic mass is 19.4. The lowest BCUT2D eigenvalue weighted by molar-refractivity contribution is -0.170. The molecule has 2 aromatic rings. The number of carbonyl (C=O) groups excluding carboxylic acids is 1. The molecule has 0 amide bonds. The lowest BCUT2D eigenvalue weighted by Crippen LogP contribution is -2.24. The van der Waals surface area contributed by atoms with E-state index in [1.165, 1.54) is 6.20 Å². The fourth-order valence-corrected chi connectivity index (χ4v) is 1.55. The predicted molar refractivity (Wildman–Crippen MR) is 53.1 cm³/mol. The van der Waals surface area contributed by atoms with Crippen molar-refractivity contribution >= 4 is 16.7 Å². The summed E-state index contributed by atoms with van der Waals surface area (Å²) in [6.45, 7) is 0. The smallest absolute Gasteiger partial charge is 0.361 e. The molecular formula is C11H8F3NO. The molecule has 1 heterocycles. The number of carbonyl (C=O) groups is 1. The van der Waals surface area contributed by atoms with Crippen LogP contribution in [0.15, 0.2) is 30.5 Å². The van der Waals surface area contributed by atoms with Crippen molar-refractivity contribution in [1.82, 2.24) is 4.98 Å². The van der Waals surface area contributed by atoms with Gasteiger partial charge in [-0.2, -0.15) is 13.2 Å². The molecule has 2 rings (SSSR count). The highest BCUT2D eigenvalue weighted by molar-refractivity contribution is 5.92. The highest BCUT2D eigenvalue weighted by Crippen LogP contribution is 2.23. The van der Waals surface area contributed by atoms with E-state index in [2.05, 4.69) is 4.98 Å². The summed E-state index contributed by atoms with van der Waals surface area (Å²) in [5.74, 6) is -1.72. The van der Waals surface area contributed by atoms with E-state index in [0.29, 0.717) is 10.9 Å². The molecule has 0 atom stereocenters. The van der Waals surface area contributed by atoms with Crippen molar-refractivity contribution in [2.24, 2.45) is 0 Å². The van der Waals surface area contributed by atoms with Gasteiger partial charge in [-0.25, -0.2) is 0 Å². The molecule has 5 heteroatoms. The highest BCUT2D eigenvalue weighted by Gasteiger charge is 2.38. The Morgan fingerprint density at radius 1 is 1.25 bits per heavy atom. The number of H-pyrrole nitrogens is 1. The van der Waals surface area contributed by atoms with Crippen LogP contribution >= 0.6 is 0 Å². The third-order valence-corrected chi connectivity index (χ3v) is 2.34. The molecule has 0 unspecified atom stereocenters. The summed E-state index contributed by atoms with van der Waals surface area (Å²) in [6.07, 6.45) is -3.94. The van der Waals surface area contributed by atoms with E-state index in [1.807, 2.05) is 0 Å². The van der Waals surface area contributed by atoms with Crippen molar-refractivity contribution in [2.75, 3.05) is 0 Å². The summed E-state index contributed by atoms with van der Waals surface area (Å²) in [5, 5.41) is 0.653. The lowest BCUT2D eigenvalue weighted by Gasteiger charge is -2.03. The van der Waals surface area contributed by atoms with Gasteiger partial charge in [-0.3, -0.25) is 4.79 Å². The van der Waals surface area contributed by atoms with Crippen molar-refractivity contribution < 1.29 is 18.0 Å². The van der Waals surface area contributed by atoms with Crippen LogP contribution < -0.4 is 0 Å². The first kappa shape index (κ1) is 10.7. The molecule has 0 saturated heterocycles. The second-order valence-corrected chi connectivity index (χ2v) is 3.46. The van der Waals surface area contributed by atoms with E-state index in [0.717, 1.165) is 5.52 Å². The van der Waals surface area contributed by atoms with Gasteiger partial charge in [0.1, 0.15) is 0 Å². The molecule has 0 aliphatic heterocycles. The molecule has 0 bridgehead atoms. The Balaban J connectivity index is 2.32. The van der Waals surface area contributed by atoms with Crippen molar-refractivity contribution in [3.8, 4) is 0 Å². The minimum absolute atomic E-state index is 0.373. The summed E-state index contributed by atoms with van der Waals surface area (Å²) < 4.78 is 36.2. The molecule has 84 valence electrons. The van der Waals surface area contributed by atoms with E-state index in [4.69, 9.17) is 0 Å². The number of hydrogen-bond donors (Lipinski definition) is 1. The number of benzene rings is 1. The first-order chi connectivity index (χ1) is 7.48. The van der Waals surface area contributed by atoms with Gasteiger partial charge >= 0.3 is 6.18 Å². The van der Waals surface area contributed by atoms with Crippen LogP contribution in [0.4, 0.5) is 13.2 Å². The molecule has 1 N–H and O–H groups in total. The van der Waals surface area contributed by atoms with E-state index >= 15 is 0 Å². The molecule has 0 saturated carbocycles. The van der Waals surface area contributed by atoms with Gasteiger partial charge in [0, 0.05) is 23.5 Å². The molecule has 0 aliphatic carbocycles. The molecule has 0 radical (unpaired) electrons. The number of halogens is 3. The third kappa shape index (κ3) is 1.93. The molecule has 2 nitrogen and oxygen atoms in total. The number of para-hydroxylation sites is 1. The Bertz CT molecular complexity index is 527. The zero-order valence-corrected chi connectivity index (χ0v) is 8.14. The summed E-state index contributed by atoms with van der Waals surface area (Å²) >= 11 is 0. The summed E-state index contributed by atoms with van der Waals surface area (Å²) in [4.78, 5) is 13.7. The molecule has 0 fully saturated rings. The normalized spacial score (nSPS) is 11.9. The zero-order chi connectivity index (χ0) is 11.8. The first-order valence-electron chi connectivity index (χ1n) is 4.63. The number of fused-ring (bicyclic) bond motifs is 1. The van der Waals surface area contributed by atoms with Gasteiger partial charge in [0.25, 0.3) is 0 Å². The minimum Gasteiger partial charge on any atom is -0.361 e. The average Bonchev–Trinajstić information content (AvgIpc) is 2.61. The maximum absolute atomic E-state index is 12.1. The van der Waals surface area contributed by atoms with Crippen LogP contribution in [0.2, 0.25) is 0 Å². The van der Waals surface area contributed by atoms with Gasteiger partial charge in [-0.15, -0.1) is 0 Å². The second-order valence-electron chi connectivity index (χ2n) is 3.46. The Kier molecular flexibility index (Phi) is 2.46. The van der Waals surface area contributed by atoms with Crippen molar-refractivity contribution in [3.63, 3.8) is 0 Å². The van der Waals surface area contributed by atoms with Crippen LogP contribution in [0.1, 0.15) is 5.56 Å². The number of hydrogen-bond acceptors (Lipinski definition) is 1. The molecule has 16 heavy (non-hydrogen) atoms. The van der Waals surface area contributed by atoms with Crippen molar-refractivity contribution in [3.05, 3.63) is 36.0 Å². The van der Waals surface area contributed by atoms with Crippen LogP contribution in [0.25, 0.3) is 10.9 Å². The van der Waals surface area contributed by atoms with Crippen LogP contribution in [-0.4, -0.2) is 16.9 Å². The van der Waals surface area contributed by atoms with Crippen molar-refractivity contribution in [2.45, 2.75) is 12.6 Å². The average molecular weight is 227 g/mol. The van der Waals surface area contributed by atoms with Crippen LogP contribution in [0.3, 0.4) is 0 Å². The van der Waals surface area contributed by atoms with E-state index < -0.39 is 18.4 Å². The van der Waals surface area contributed by atoms with Gasteiger partial charge in [-0.05, 0) is 11.6 Å². The molecule has 0 spiro atoms. The number of Topliss-reactive ketones (excluding diaryl/α,β-unsaturated/α-hetero) is 1. The Morgan fingerprint density at radius 3 is 2.62 bits per heavy atom. The van der Waals surface area contributed by atoms with Gasteiger partial charge in [0.05, 0.1) is 0 Å². The number of ketones is 1. The van der Waals surface area contributed by atoms with E-state index in [1.54, 1.807) is 24.3 Å².